The van der Waals surface area contributed by atoms with Gasteiger partial charge in [0.25, 0.3) is 0 Å². The summed E-state index contributed by atoms with van der Waals surface area (Å²) in [6.07, 6.45) is 5.35. The van der Waals surface area contributed by atoms with Gasteiger partial charge < -0.3 is 11.5 Å². The molecule has 0 bridgehead atoms. The molecule has 0 amide bonds. The summed E-state index contributed by atoms with van der Waals surface area (Å²) in [5.41, 5.74) is 8.03. The van der Waals surface area contributed by atoms with E-state index in [1.165, 1.54) is 25.7 Å². The Morgan fingerprint density at radius 2 is 1.25 bits per heavy atom. The predicted octanol–water partition coefficient (Wildman–Crippen LogP) is -1.22. The van der Waals surface area contributed by atoms with E-state index in [9.17, 15) is 0 Å². The van der Waals surface area contributed by atoms with Crippen LogP contribution in [0.4, 0.5) is 0 Å². The Morgan fingerprint density at radius 3 is 1.50 bits per heavy atom. The van der Waals surface area contributed by atoms with Crippen molar-refractivity contribution in [1.82, 2.24) is 0 Å². The van der Waals surface area contributed by atoms with Gasteiger partial charge in [-0.05, 0) is 12.8 Å². The molecule has 1 fully saturated rings. The number of hydrogen-bond donors (Lipinski definition) is 2. The van der Waals surface area contributed by atoms with E-state index in [1.54, 1.807) is 0 Å². The molecule has 0 unspecified atom stereocenters. The van der Waals surface area contributed by atoms with Crippen LogP contribution in [0.1, 0.15) is 25.7 Å². The maximum atomic E-state index is 4.02. The van der Waals surface area contributed by atoms with Gasteiger partial charge in [-0.25, -0.2) is 0 Å². The van der Waals surface area contributed by atoms with Gasteiger partial charge in [-0.3, -0.25) is 0 Å². The molecule has 0 aromatic heterocycles. The van der Waals surface area contributed by atoms with Crippen molar-refractivity contribution in [2.75, 3.05) is 0 Å². The minimum atomic E-state index is 0.642. The molecule has 8 heavy (non-hydrogen) atoms. The first-order chi connectivity index (χ1) is 3.80. The fourth-order valence-electron chi connectivity index (χ4n) is 1.28. The first-order valence-electron chi connectivity index (χ1n) is 3.47. The molecule has 1 aliphatic rings. The highest BCUT2D eigenvalue weighted by molar-refractivity contribution is 4.69. The molecule has 2 heteroatoms. The Labute approximate surface area is 50.2 Å². The van der Waals surface area contributed by atoms with E-state index in [1.807, 2.05) is 0 Å². The van der Waals surface area contributed by atoms with E-state index in [0.717, 1.165) is 0 Å². The van der Waals surface area contributed by atoms with Crippen molar-refractivity contribution >= 4 is 0 Å². The van der Waals surface area contributed by atoms with Crippen LogP contribution in [0.5, 0.6) is 0 Å². The van der Waals surface area contributed by atoms with Gasteiger partial charge in [0.15, 0.2) is 0 Å². The summed E-state index contributed by atoms with van der Waals surface area (Å²) >= 11 is 0. The van der Waals surface area contributed by atoms with Crippen molar-refractivity contribution in [3.8, 4) is 0 Å². The van der Waals surface area contributed by atoms with E-state index >= 15 is 0 Å². The minimum Gasteiger partial charge on any atom is -0.350 e. The van der Waals surface area contributed by atoms with E-state index in [4.69, 9.17) is 0 Å². The third-order valence-corrected chi connectivity index (χ3v) is 2.07. The predicted molar refractivity (Wildman–Crippen MR) is 31.8 cm³/mol. The van der Waals surface area contributed by atoms with E-state index in [2.05, 4.69) is 11.5 Å². The number of hydrogen-bond acceptors (Lipinski definition) is 0. The molecule has 1 aliphatic carbocycles. The van der Waals surface area contributed by atoms with Crippen LogP contribution in [0.25, 0.3) is 0 Å². The lowest BCUT2D eigenvalue weighted by Crippen LogP contribution is -2.80. The molecule has 48 valence electrons. The van der Waals surface area contributed by atoms with Crippen LogP contribution < -0.4 is 11.5 Å². The Morgan fingerprint density at radius 1 is 0.875 bits per heavy atom. The lowest BCUT2D eigenvalue weighted by Gasteiger charge is -2.18. The number of rotatable bonds is 0. The zero-order chi connectivity index (χ0) is 5.98. The fraction of sp³-hybridized carbons (Fsp3) is 1.00. The molecule has 0 spiro atoms. The zero-order valence-corrected chi connectivity index (χ0v) is 5.40. The molecule has 0 radical (unpaired) electrons. The highest BCUT2D eigenvalue weighted by atomic mass is 14.8. The lowest BCUT2D eigenvalue weighted by atomic mass is 9.92. The Hall–Kier alpha value is -0.0800. The standard InChI is InChI=1S/C6H14N2/c7-5-3-1-2-4-6(5)8/h5-6H,1-4,7-8H2/p+2/t5-,6-/m0/s1. The van der Waals surface area contributed by atoms with Gasteiger partial charge in [-0.15, -0.1) is 0 Å². The molecule has 0 heterocycles. The zero-order valence-electron chi connectivity index (χ0n) is 5.40. The summed E-state index contributed by atoms with van der Waals surface area (Å²) in [5, 5.41) is 0. The van der Waals surface area contributed by atoms with Crippen LogP contribution in [-0.2, 0) is 0 Å². The van der Waals surface area contributed by atoms with E-state index in [-0.39, 0.29) is 0 Å². The van der Waals surface area contributed by atoms with Gasteiger partial charge in [0.2, 0.25) is 0 Å². The van der Waals surface area contributed by atoms with Crippen molar-refractivity contribution < 1.29 is 11.5 Å². The second-order valence-corrected chi connectivity index (χ2v) is 2.80. The maximum absolute atomic E-state index is 4.02. The first kappa shape index (κ1) is 6.05. The van der Waals surface area contributed by atoms with Crippen LogP contribution in [0.3, 0.4) is 0 Å². The van der Waals surface area contributed by atoms with Crippen LogP contribution in [-0.4, -0.2) is 12.1 Å². The number of quaternary nitrogens is 2. The summed E-state index contributed by atoms with van der Waals surface area (Å²) in [6.45, 7) is 0. The van der Waals surface area contributed by atoms with Crippen molar-refractivity contribution in [2.45, 2.75) is 37.8 Å². The van der Waals surface area contributed by atoms with Crippen LogP contribution in [0, 0.1) is 0 Å². The third-order valence-electron chi connectivity index (χ3n) is 2.07. The monoisotopic (exact) mass is 116 g/mol. The molecule has 0 saturated heterocycles. The average molecular weight is 116 g/mol. The van der Waals surface area contributed by atoms with Crippen LogP contribution in [0.2, 0.25) is 0 Å². The lowest BCUT2D eigenvalue weighted by molar-refractivity contribution is -0.534. The average Bonchev–Trinajstić information content (AvgIpc) is 1.77. The van der Waals surface area contributed by atoms with Crippen molar-refractivity contribution in [1.29, 1.82) is 0 Å². The second-order valence-electron chi connectivity index (χ2n) is 2.80. The molecule has 6 N–H and O–H groups in total. The van der Waals surface area contributed by atoms with Gasteiger partial charge in [0.05, 0.1) is 0 Å². The topological polar surface area (TPSA) is 55.3 Å². The SMILES string of the molecule is [NH3+][C@H]1CCCC[C@@H]1[NH3+]. The van der Waals surface area contributed by atoms with Crippen LogP contribution >= 0.6 is 0 Å². The van der Waals surface area contributed by atoms with Crippen molar-refractivity contribution in [3.63, 3.8) is 0 Å². The Balaban J connectivity index is 2.28. The fourth-order valence-corrected chi connectivity index (χ4v) is 1.28. The Bertz CT molecular complexity index is 62.9. The summed E-state index contributed by atoms with van der Waals surface area (Å²) in [7, 11) is 0. The van der Waals surface area contributed by atoms with Crippen LogP contribution in [0.15, 0.2) is 0 Å². The molecular weight excluding hydrogens is 100 g/mol. The Kier molecular flexibility index (Phi) is 1.86. The molecule has 0 aromatic carbocycles. The largest absolute Gasteiger partial charge is 0.350 e. The molecule has 2 atom stereocenters. The van der Waals surface area contributed by atoms with Gasteiger partial charge in [-0.1, -0.05) is 0 Å². The van der Waals surface area contributed by atoms with Gasteiger partial charge in [-0.2, -0.15) is 0 Å². The summed E-state index contributed by atoms with van der Waals surface area (Å²) in [4.78, 5) is 0. The first-order valence-corrected chi connectivity index (χ1v) is 3.47. The molecule has 1 rings (SSSR count). The van der Waals surface area contributed by atoms with Crippen molar-refractivity contribution in [3.05, 3.63) is 0 Å². The molecule has 1 saturated carbocycles. The van der Waals surface area contributed by atoms with Gasteiger partial charge >= 0.3 is 0 Å². The molecular formula is C6H16N2+2. The highest BCUT2D eigenvalue weighted by Gasteiger charge is 2.23. The third kappa shape index (κ3) is 1.20. The maximum Gasteiger partial charge on any atom is 0.137 e. The summed E-state index contributed by atoms with van der Waals surface area (Å²) < 4.78 is 0. The quantitative estimate of drug-likeness (QED) is 0.399. The summed E-state index contributed by atoms with van der Waals surface area (Å²) in [5.74, 6) is 0. The molecule has 0 aromatic rings. The highest BCUT2D eigenvalue weighted by Crippen LogP contribution is 2.12. The van der Waals surface area contributed by atoms with Crippen molar-refractivity contribution in [2.24, 2.45) is 0 Å². The van der Waals surface area contributed by atoms with E-state index in [0.29, 0.717) is 12.1 Å². The summed E-state index contributed by atoms with van der Waals surface area (Å²) in [6, 6.07) is 1.28. The second kappa shape index (κ2) is 2.46. The van der Waals surface area contributed by atoms with E-state index < -0.39 is 0 Å². The van der Waals surface area contributed by atoms with Gasteiger partial charge in [0.1, 0.15) is 12.1 Å². The molecule has 2 nitrogen and oxygen atoms in total. The van der Waals surface area contributed by atoms with Gasteiger partial charge in [0, 0.05) is 12.8 Å². The normalized spacial score (nSPS) is 39.8. The molecule has 0 aliphatic heterocycles. The smallest absolute Gasteiger partial charge is 0.137 e. The minimum absolute atomic E-state index is 0.642.